The molecule has 0 saturated carbocycles. The van der Waals surface area contributed by atoms with Crippen LogP contribution in [0.1, 0.15) is 30.9 Å². The van der Waals surface area contributed by atoms with Crippen molar-refractivity contribution >= 4 is 11.6 Å². The van der Waals surface area contributed by atoms with E-state index in [0.717, 1.165) is 12.1 Å². The lowest BCUT2D eigenvalue weighted by Gasteiger charge is -2.47. The van der Waals surface area contributed by atoms with Crippen molar-refractivity contribution in [1.29, 1.82) is 0 Å². The summed E-state index contributed by atoms with van der Waals surface area (Å²) >= 11 is 0. The lowest BCUT2D eigenvalue weighted by atomic mass is 9.62. The van der Waals surface area contributed by atoms with Crippen molar-refractivity contribution in [1.82, 2.24) is 15.3 Å². The Hall–Kier alpha value is -3.56. The Morgan fingerprint density at radius 1 is 1.25 bits per heavy atom. The third kappa shape index (κ3) is 2.93. The number of azo groups is 1. The molecule has 10 heteroatoms. The SMILES string of the molecule is CC[C@@]1(c2cccc(C(F)(F)F)c2)C2=CN=NC2NC2=C1C(=O)N(c1cncnc1)CC2. The number of carbonyl (C=O) groups excluding carboxylic acids is 1. The van der Waals surface area contributed by atoms with E-state index < -0.39 is 23.3 Å². The smallest absolute Gasteiger partial charge is 0.362 e. The van der Waals surface area contributed by atoms with Crippen LogP contribution < -0.4 is 10.2 Å². The molecule has 0 radical (unpaired) electrons. The lowest BCUT2D eigenvalue weighted by molar-refractivity contribution is -0.137. The number of alkyl halides is 3. The average Bonchev–Trinajstić information content (AvgIpc) is 3.27. The second-order valence-corrected chi connectivity index (χ2v) is 7.86. The van der Waals surface area contributed by atoms with Crippen molar-refractivity contribution in [2.75, 3.05) is 11.4 Å². The fourth-order valence-corrected chi connectivity index (χ4v) is 4.89. The molecule has 0 saturated heterocycles. The van der Waals surface area contributed by atoms with Gasteiger partial charge in [-0.2, -0.15) is 23.4 Å². The predicted molar refractivity (Wildman–Crippen MR) is 109 cm³/mol. The number of amides is 1. The van der Waals surface area contributed by atoms with Gasteiger partial charge in [-0.05, 0) is 18.1 Å². The van der Waals surface area contributed by atoms with Crippen LogP contribution in [0.3, 0.4) is 0 Å². The van der Waals surface area contributed by atoms with E-state index in [1.807, 2.05) is 6.92 Å². The van der Waals surface area contributed by atoms with Gasteiger partial charge >= 0.3 is 6.18 Å². The number of nitrogens with zero attached hydrogens (tertiary/aromatic N) is 5. The number of carbonyl (C=O) groups is 1. The molecule has 1 N–H and O–H groups in total. The van der Waals surface area contributed by atoms with E-state index in [1.54, 1.807) is 29.6 Å². The molecule has 1 aromatic carbocycles. The summed E-state index contributed by atoms with van der Waals surface area (Å²) < 4.78 is 40.7. The van der Waals surface area contributed by atoms with Crippen LogP contribution in [-0.2, 0) is 16.4 Å². The summed E-state index contributed by atoms with van der Waals surface area (Å²) in [6.45, 7) is 2.26. The Labute approximate surface area is 181 Å². The van der Waals surface area contributed by atoms with E-state index in [2.05, 4.69) is 25.5 Å². The Balaban J connectivity index is 1.72. The summed E-state index contributed by atoms with van der Waals surface area (Å²) in [7, 11) is 0. The molecule has 2 aromatic rings. The fraction of sp³-hybridized carbons (Fsp3) is 0.318. The van der Waals surface area contributed by atoms with Gasteiger partial charge in [-0.15, -0.1) is 0 Å². The van der Waals surface area contributed by atoms with Crippen molar-refractivity contribution < 1.29 is 18.0 Å². The topological polar surface area (TPSA) is 82.8 Å². The molecule has 2 atom stereocenters. The van der Waals surface area contributed by atoms with Gasteiger partial charge in [-0.3, -0.25) is 4.79 Å². The molecule has 5 rings (SSSR count). The molecule has 7 nitrogen and oxygen atoms in total. The number of benzene rings is 1. The highest BCUT2D eigenvalue weighted by molar-refractivity contribution is 6.09. The predicted octanol–water partition coefficient (Wildman–Crippen LogP) is 4.11. The molecule has 32 heavy (non-hydrogen) atoms. The fourth-order valence-electron chi connectivity index (χ4n) is 4.89. The minimum absolute atomic E-state index is 0.293. The van der Waals surface area contributed by atoms with E-state index in [0.29, 0.717) is 47.5 Å². The van der Waals surface area contributed by atoms with E-state index >= 15 is 0 Å². The molecule has 0 fully saturated rings. The normalized spacial score (nSPS) is 24.8. The van der Waals surface area contributed by atoms with E-state index in [-0.39, 0.29) is 5.91 Å². The van der Waals surface area contributed by atoms with E-state index in [1.165, 1.54) is 12.4 Å². The van der Waals surface area contributed by atoms with Crippen LogP contribution in [0.5, 0.6) is 0 Å². The van der Waals surface area contributed by atoms with Gasteiger partial charge in [-0.25, -0.2) is 9.97 Å². The first-order valence-corrected chi connectivity index (χ1v) is 10.2. The van der Waals surface area contributed by atoms with Gasteiger partial charge in [0, 0.05) is 24.2 Å². The number of rotatable bonds is 3. The maximum absolute atomic E-state index is 13.8. The van der Waals surface area contributed by atoms with Crippen LogP contribution in [0.2, 0.25) is 0 Å². The Morgan fingerprint density at radius 2 is 2.03 bits per heavy atom. The maximum Gasteiger partial charge on any atom is 0.416 e. The second-order valence-electron chi connectivity index (χ2n) is 7.86. The third-order valence-electron chi connectivity index (χ3n) is 6.32. The monoisotopic (exact) mass is 440 g/mol. The number of aromatic nitrogens is 2. The van der Waals surface area contributed by atoms with Crippen LogP contribution in [0.15, 0.2) is 76.3 Å². The largest absolute Gasteiger partial charge is 0.416 e. The highest BCUT2D eigenvalue weighted by Gasteiger charge is 2.53. The lowest BCUT2D eigenvalue weighted by Crippen LogP contribution is -2.54. The summed E-state index contributed by atoms with van der Waals surface area (Å²) in [5.74, 6) is -0.293. The summed E-state index contributed by atoms with van der Waals surface area (Å²) in [6, 6.07) is 5.19. The molecule has 0 aliphatic carbocycles. The standard InChI is InChI=1S/C22H19F3N6O/c1-2-21(13-4-3-5-14(8-13)22(23,24)25)16-11-28-30-19(16)29-17-6-7-31(20(32)18(17)21)15-9-26-12-27-10-15/h3-5,8-12,19,29H,2,6-7H2,1H3/t19?,21-/m1/s1. The van der Waals surface area contributed by atoms with Crippen molar-refractivity contribution in [3.8, 4) is 0 Å². The molecular weight excluding hydrogens is 421 g/mol. The quantitative estimate of drug-likeness (QED) is 0.779. The molecule has 1 amide bonds. The summed E-state index contributed by atoms with van der Waals surface area (Å²) in [4.78, 5) is 23.4. The zero-order chi connectivity index (χ0) is 22.5. The number of hydrogen-bond donors (Lipinski definition) is 1. The van der Waals surface area contributed by atoms with Gasteiger partial charge in [0.25, 0.3) is 5.91 Å². The van der Waals surface area contributed by atoms with Gasteiger partial charge in [0.1, 0.15) is 6.33 Å². The molecule has 0 spiro atoms. The first-order chi connectivity index (χ1) is 15.4. The summed E-state index contributed by atoms with van der Waals surface area (Å²) in [6.07, 6.45) is 1.88. The molecule has 3 aliphatic rings. The zero-order valence-corrected chi connectivity index (χ0v) is 17.1. The van der Waals surface area contributed by atoms with Crippen LogP contribution >= 0.6 is 0 Å². The summed E-state index contributed by atoms with van der Waals surface area (Å²) in [5, 5.41) is 11.5. The number of nitrogens with one attached hydrogen (secondary N) is 1. The van der Waals surface area contributed by atoms with Gasteiger partial charge in [0.15, 0.2) is 6.17 Å². The minimum atomic E-state index is -4.50. The Bertz CT molecular complexity index is 1170. The van der Waals surface area contributed by atoms with Gasteiger partial charge in [-0.1, -0.05) is 25.1 Å². The highest BCUT2D eigenvalue weighted by atomic mass is 19.4. The van der Waals surface area contributed by atoms with Gasteiger partial charge in [0.05, 0.1) is 40.8 Å². The van der Waals surface area contributed by atoms with Crippen LogP contribution in [0, 0.1) is 0 Å². The first-order valence-electron chi connectivity index (χ1n) is 10.2. The molecule has 164 valence electrons. The maximum atomic E-state index is 13.8. The number of hydrogen-bond acceptors (Lipinski definition) is 6. The number of anilines is 1. The molecular formula is C22H19F3N6O. The van der Waals surface area contributed by atoms with Gasteiger partial charge < -0.3 is 10.2 Å². The van der Waals surface area contributed by atoms with Crippen molar-refractivity contribution in [3.63, 3.8) is 0 Å². The number of fused-ring (bicyclic) bond motifs is 1. The molecule has 1 unspecified atom stereocenters. The molecule has 3 aliphatic heterocycles. The highest BCUT2D eigenvalue weighted by Crippen LogP contribution is 2.51. The second kappa shape index (κ2) is 7.25. The zero-order valence-electron chi connectivity index (χ0n) is 17.1. The van der Waals surface area contributed by atoms with Crippen LogP contribution in [0.4, 0.5) is 18.9 Å². The third-order valence-corrected chi connectivity index (χ3v) is 6.32. The Kier molecular flexibility index (Phi) is 4.61. The Morgan fingerprint density at radius 3 is 2.75 bits per heavy atom. The average molecular weight is 440 g/mol. The first kappa shape index (κ1) is 20.3. The van der Waals surface area contributed by atoms with E-state index in [9.17, 15) is 18.0 Å². The van der Waals surface area contributed by atoms with E-state index in [4.69, 9.17) is 0 Å². The van der Waals surface area contributed by atoms with Crippen molar-refractivity contribution in [2.45, 2.75) is 37.5 Å². The molecule has 4 heterocycles. The van der Waals surface area contributed by atoms with Gasteiger partial charge in [0.2, 0.25) is 0 Å². The molecule has 1 aromatic heterocycles. The van der Waals surface area contributed by atoms with Crippen molar-refractivity contribution in [2.24, 2.45) is 10.2 Å². The molecule has 0 bridgehead atoms. The minimum Gasteiger partial charge on any atom is -0.362 e. The number of halogens is 3. The van der Waals surface area contributed by atoms with Crippen LogP contribution in [0.25, 0.3) is 0 Å². The summed E-state index contributed by atoms with van der Waals surface area (Å²) in [5.41, 5.74) is 0.847. The van der Waals surface area contributed by atoms with Crippen molar-refractivity contribution in [3.05, 3.63) is 77.2 Å². The van der Waals surface area contributed by atoms with Crippen LogP contribution in [-0.4, -0.2) is 28.6 Å².